The van der Waals surface area contributed by atoms with Gasteiger partial charge in [0.05, 0.1) is 0 Å². The molecule has 176 valence electrons. The molecular formula is C34H32HfSi. The van der Waals surface area contributed by atoms with Gasteiger partial charge in [-0.15, -0.1) is 123 Å². The van der Waals surface area contributed by atoms with Crippen molar-refractivity contribution in [2.24, 2.45) is 0 Å². The van der Waals surface area contributed by atoms with Gasteiger partial charge < -0.3 is 6.17 Å². The van der Waals surface area contributed by atoms with E-state index < -0.39 is 0 Å². The van der Waals surface area contributed by atoms with Crippen molar-refractivity contribution in [3.8, 4) is 0 Å². The monoisotopic (exact) mass is 648 g/mol. The van der Waals surface area contributed by atoms with E-state index in [1.807, 2.05) is 12.1 Å². The number of fused-ring (bicyclic) bond motifs is 2. The summed E-state index contributed by atoms with van der Waals surface area (Å²) in [7, 11) is 1.36. The van der Waals surface area contributed by atoms with Gasteiger partial charge in [0, 0.05) is 0 Å². The number of rotatable bonds is 2. The maximum atomic E-state index is 4.53. The van der Waals surface area contributed by atoms with Crippen molar-refractivity contribution in [3.63, 3.8) is 0 Å². The normalized spacial score (nSPS) is 9.39. The van der Waals surface area contributed by atoms with Crippen molar-refractivity contribution >= 4 is 37.6 Å². The first kappa shape index (κ1) is 29.2. The van der Waals surface area contributed by atoms with Crippen LogP contribution in [-0.2, 0) is 25.8 Å². The number of hydrogen-bond donors (Lipinski definition) is 0. The minimum Gasteiger partial charge on any atom is -0.533 e. The van der Waals surface area contributed by atoms with E-state index in [0.717, 1.165) is 0 Å². The van der Waals surface area contributed by atoms with Crippen molar-refractivity contribution in [1.82, 2.24) is 0 Å². The molecule has 0 aliphatic rings. The van der Waals surface area contributed by atoms with E-state index >= 15 is 0 Å². The van der Waals surface area contributed by atoms with Crippen LogP contribution in [0.2, 0.25) is 0 Å². The summed E-state index contributed by atoms with van der Waals surface area (Å²) in [6.45, 7) is 4.25. The first-order chi connectivity index (χ1) is 17.2. The standard InChI is InChI=1S/C13H11.2C10H9.CH3Si.Hf/c1-3-7-12(8-4-1)11-13-9-5-2-6-10-13;2*1-8-6-9-4-2-3-5-10(9)7-8;1-2;/h1-11H;2*2-7H,1H3;1H,2H2;/q4*-1;+4. The molecule has 0 bridgehead atoms. The van der Waals surface area contributed by atoms with Crippen LogP contribution in [0.25, 0.3) is 21.5 Å². The molecule has 0 spiro atoms. The Morgan fingerprint density at radius 3 is 1.22 bits per heavy atom. The second kappa shape index (κ2) is 15.8. The van der Waals surface area contributed by atoms with E-state index in [2.05, 4.69) is 148 Å². The molecule has 6 aromatic carbocycles. The Morgan fingerprint density at radius 1 is 0.528 bits per heavy atom. The third-order valence-corrected chi connectivity index (χ3v) is 5.46. The third-order valence-electron chi connectivity index (χ3n) is 5.46. The molecule has 36 heavy (non-hydrogen) atoms. The fraction of sp³-hybridized carbons (Fsp3) is 0.0588. The quantitative estimate of drug-likeness (QED) is 0.132. The summed E-state index contributed by atoms with van der Waals surface area (Å²) in [4.78, 5) is 0. The van der Waals surface area contributed by atoms with Crippen LogP contribution in [0.15, 0.2) is 133 Å². The Morgan fingerprint density at radius 2 is 0.861 bits per heavy atom. The average molecular weight is 647 g/mol. The summed E-state index contributed by atoms with van der Waals surface area (Å²) in [5.41, 5.74) is 5.18. The van der Waals surface area contributed by atoms with Crippen molar-refractivity contribution in [2.45, 2.75) is 13.8 Å². The molecule has 0 radical (unpaired) electrons. The zero-order valence-electron chi connectivity index (χ0n) is 21.1. The molecule has 0 amide bonds. The molecule has 0 saturated heterocycles. The van der Waals surface area contributed by atoms with Crippen LogP contribution in [0.4, 0.5) is 0 Å². The smallest absolute Gasteiger partial charge is 0.533 e. The summed E-state index contributed by atoms with van der Waals surface area (Å²) in [6, 6.07) is 46.3. The summed E-state index contributed by atoms with van der Waals surface area (Å²) in [5.74, 6) is 0. The summed E-state index contributed by atoms with van der Waals surface area (Å²) in [5, 5.41) is 5.39. The Hall–Kier alpha value is -3.07. The molecule has 0 atom stereocenters. The molecule has 6 aromatic rings. The molecule has 0 heterocycles. The molecule has 0 saturated carbocycles. The Labute approximate surface area is 238 Å². The molecule has 6 rings (SSSR count). The Balaban J connectivity index is 0.000000183. The van der Waals surface area contributed by atoms with Crippen molar-refractivity contribution < 1.29 is 25.8 Å². The van der Waals surface area contributed by atoms with E-state index in [4.69, 9.17) is 0 Å². The second-order valence-corrected chi connectivity index (χ2v) is 8.29. The average Bonchev–Trinajstić information content (AvgIpc) is 3.48. The van der Waals surface area contributed by atoms with Gasteiger partial charge in [0.25, 0.3) is 0 Å². The molecule has 0 nitrogen and oxygen atoms in total. The number of aryl methyl sites for hydroxylation is 2. The predicted octanol–water partition coefficient (Wildman–Crippen LogP) is 7.95. The van der Waals surface area contributed by atoms with Crippen molar-refractivity contribution in [3.05, 3.63) is 162 Å². The molecule has 2 heteroatoms. The van der Waals surface area contributed by atoms with Gasteiger partial charge in [-0.1, -0.05) is 62.4 Å². The fourth-order valence-electron chi connectivity index (χ4n) is 3.90. The minimum atomic E-state index is 0. The molecule has 0 aliphatic heterocycles. The van der Waals surface area contributed by atoms with E-state index in [1.54, 1.807) is 0 Å². The van der Waals surface area contributed by atoms with Gasteiger partial charge in [0.15, 0.2) is 0 Å². The van der Waals surface area contributed by atoms with Gasteiger partial charge in [-0.25, -0.2) is 9.85 Å². The van der Waals surface area contributed by atoms with Crippen molar-refractivity contribution in [1.29, 1.82) is 0 Å². The zero-order valence-corrected chi connectivity index (χ0v) is 26.1. The SMILES string of the molecule is Cc1cc2ccccc2[cH-]1.Cc1cc2ccccc2[cH-]1.[CH-]=[SiH2].[Hf+4].c1ccc([CH-]c2ccccc2)cc1. The van der Waals surface area contributed by atoms with Crippen molar-refractivity contribution in [2.75, 3.05) is 0 Å². The molecule has 0 N–H and O–H groups in total. The van der Waals surface area contributed by atoms with Crippen LogP contribution >= 0.6 is 0 Å². The molecule has 0 aromatic heterocycles. The first-order valence-corrected chi connectivity index (χ1v) is 12.6. The number of hydrogen-bond acceptors (Lipinski definition) is 0. The van der Waals surface area contributed by atoms with Gasteiger partial charge in [-0.05, 0) is 0 Å². The summed E-state index contributed by atoms with van der Waals surface area (Å²) < 4.78 is 0. The number of benzene rings is 4. The van der Waals surface area contributed by atoms with Crippen LogP contribution in [0.3, 0.4) is 0 Å². The summed E-state index contributed by atoms with van der Waals surface area (Å²) >= 11 is 0. The van der Waals surface area contributed by atoms with Gasteiger partial charge in [0.2, 0.25) is 0 Å². The summed E-state index contributed by atoms with van der Waals surface area (Å²) in [6.07, 6.45) is 6.69. The van der Waals surface area contributed by atoms with Crippen LogP contribution in [0.5, 0.6) is 0 Å². The Kier molecular flexibility index (Phi) is 12.8. The molecule has 0 unspecified atom stereocenters. The van der Waals surface area contributed by atoms with Gasteiger partial charge >= 0.3 is 25.8 Å². The fourth-order valence-corrected chi connectivity index (χ4v) is 3.90. The maximum Gasteiger partial charge on any atom is 4.00 e. The molecular weight excluding hydrogens is 615 g/mol. The molecule has 0 aliphatic carbocycles. The van der Waals surface area contributed by atoms with E-state index in [-0.39, 0.29) is 25.8 Å². The minimum absolute atomic E-state index is 0. The predicted molar refractivity (Wildman–Crippen MR) is 159 cm³/mol. The van der Waals surface area contributed by atoms with E-state index in [1.165, 1.54) is 53.7 Å². The van der Waals surface area contributed by atoms with E-state index in [9.17, 15) is 0 Å². The van der Waals surface area contributed by atoms with Crippen LogP contribution < -0.4 is 0 Å². The largest absolute Gasteiger partial charge is 4.00 e. The molecule has 0 fully saturated rings. The van der Waals surface area contributed by atoms with Crippen LogP contribution in [0.1, 0.15) is 22.3 Å². The first-order valence-electron chi connectivity index (χ1n) is 11.8. The van der Waals surface area contributed by atoms with Crippen LogP contribution in [0, 0.1) is 20.3 Å². The maximum absolute atomic E-state index is 4.53. The van der Waals surface area contributed by atoms with Crippen LogP contribution in [-0.4, -0.2) is 16.0 Å². The van der Waals surface area contributed by atoms with Gasteiger partial charge in [-0.3, -0.25) is 0 Å². The van der Waals surface area contributed by atoms with Gasteiger partial charge in [0.1, 0.15) is 0 Å². The second-order valence-electron chi connectivity index (χ2n) is 8.29. The van der Waals surface area contributed by atoms with E-state index in [0.29, 0.717) is 0 Å². The third kappa shape index (κ3) is 9.18. The zero-order chi connectivity index (χ0) is 24.9. The van der Waals surface area contributed by atoms with Gasteiger partial charge in [-0.2, -0.15) is 12.1 Å². The Bertz CT molecular complexity index is 1240. The topological polar surface area (TPSA) is 0 Å².